The third kappa shape index (κ3) is 3.60. The molecule has 25 heavy (non-hydrogen) atoms. The second kappa shape index (κ2) is 6.88. The first-order valence-electron chi connectivity index (χ1n) is 8.14. The van der Waals surface area contributed by atoms with E-state index in [9.17, 15) is 4.79 Å². The third-order valence-electron chi connectivity index (χ3n) is 3.88. The average Bonchev–Trinajstić information content (AvgIpc) is 3.23. The Morgan fingerprint density at radius 3 is 2.84 bits per heavy atom. The molecule has 3 aromatic rings. The molecule has 0 radical (unpaired) electrons. The summed E-state index contributed by atoms with van der Waals surface area (Å²) in [7, 11) is 1.71. The lowest BCUT2D eigenvalue weighted by atomic mass is 10.1. The van der Waals surface area contributed by atoms with E-state index in [0.717, 1.165) is 11.1 Å². The van der Waals surface area contributed by atoms with Crippen molar-refractivity contribution in [2.75, 3.05) is 7.05 Å². The summed E-state index contributed by atoms with van der Waals surface area (Å²) >= 11 is 0. The van der Waals surface area contributed by atoms with Crippen molar-refractivity contribution < 1.29 is 9.32 Å². The molecule has 0 fully saturated rings. The number of nitrogens with one attached hydrogen (secondary N) is 1. The van der Waals surface area contributed by atoms with E-state index in [2.05, 4.69) is 20.3 Å². The Balaban J connectivity index is 1.80. The number of rotatable bonds is 5. The van der Waals surface area contributed by atoms with Crippen LogP contribution in [0.3, 0.4) is 0 Å². The zero-order chi connectivity index (χ0) is 18.0. The predicted octanol–water partition coefficient (Wildman–Crippen LogP) is 3.16. The number of hydrogen-bond donors (Lipinski definition) is 1. The second-order valence-electron chi connectivity index (χ2n) is 6.39. The van der Waals surface area contributed by atoms with Gasteiger partial charge in [-0.3, -0.25) is 9.89 Å². The molecule has 7 heteroatoms. The molecule has 0 atom stereocenters. The van der Waals surface area contributed by atoms with Crippen molar-refractivity contribution in [3.8, 4) is 11.3 Å². The molecule has 0 saturated carbocycles. The van der Waals surface area contributed by atoms with Crippen molar-refractivity contribution in [2.24, 2.45) is 0 Å². The van der Waals surface area contributed by atoms with Crippen molar-refractivity contribution in [1.82, 2.24) is 25.2 Å². The molecule has 7 nitrogen and oxygen atoms in total. The Hall–Kier alpha value is -2.96. The number of nitrogens with zero attached hydrogens (tertiary/aromatic N) is 4. The van der Waals surface area contributed by atoms with E-state index in [1.165, 1.54) is 0 Å². The summed E-state index contributed by atoms with van der Waals surface area (Å²) in [4.78, 5) is 18.7. The van der Waals surface area contributed by atoms with Crippen LogP contribution in [0.1, 0.15) is 47.4 Å². The van der Waals surface area contributed by atoms with Crippen LogP contribution in [0.2, 0.25) is 0 Å². The van der Waals surface area contributed by atoms with Crippen LogP contribution in [0, 0.1) is 6.92 Å². The maximum atomic E-state index is 12.8. The minimum atomic E-state index is -0.152. The van der Waals surface area contributed by atoms with Crippen molar-refractivity contribution in [2.45, 2.75) is 33.2 Å². The minimum Gasteiger partial charge on any atom is -0.339 e. The van der Waals surface area contributed by atoms with Crippen LogP contribution < -0.4 is 0 Å². The van der Waals surface area contributed by atoms with E-state index in [1.807, 2.05) is 45.0 Å². The summed E-state index contributed by atoms with van der Waals surface area (Å²) in [5.74, 6) is 1.06. The fourth-order valence-corrected chi connectivity index (χ4v) is 2.52. The van der Waals surface area contributed by atoms with Gasteiger partial charge in [-0.05, 0) is 13.0 Å². The predicted molar refractivity (Wildman–Crippen MR) is 92.9 cm³/mol. The molecule has 1 amide bonds. The number of carbonyl (C=O) groups excluding carboxylic acids is 1. The van der Waals surface area contributed by atoms with Gasteiger partial charge in [-0.25, -0.2) is 0 Å². The normalized spacial score (nSPS) is 11.1. The van der Waals surface area contributed by atoms with Gasteiger partial charge in [0.25, 0.3) is 5.91 Å². The van der Waals surface area contributed by atoms with Gasteiger partial charge in [0, 0.05) is 18.5 Å². The Kier molecular flexibility index (Phi) is 4.65. The van der Waals surface area contributed by atoms with Crippen LogP contribution in [0.25, 0.3) is 11.3 Å². The molecule has 2 aromatic heterocycles. The van der Waals surface area contributed by atoms with Crippen LogP contribution >= 0.6 is 0 Å². The zero-order valence-electron chi connectivity index (χ0n) is 14.8. The molecule has 2 heterocycles. The Morgan fingerprint density at radius 2 is 2.16 bits per heavy atom. The van der Waals surface area contributed by atoms with Crippen LogP contribution in [0.4, 0.5) is 0 Å². The van der Waals surface area contributed by atoms with Gasteiger partial charge in [0.1, 0.15) is 0 Å². The lowest BCUT2D eigenvalue weighted by Gasteiger charge is -2.15. The first-order chi connectivity index (χ1) is 12.0. The summed E-state index contributed by atoms with van der Waals surface area (Å²) < 4.78 is 5.19. The first kappa shape index (κ1) is 16.9. The summed E-state index contributed by atoms with van der Waals surface area (Å²) in [5.41, 5.74) is 3.26. The third-order valence-corrected chi connectivity index (χ3v) is 3.88. The maximum absolute atomic E-state index is 12.8. The molecule has 0 bridgehead atoms. The number of carbonyl (C=O) groups is 1. The van der Waals surface area contributed by atoms with Gasteiger partial charge in [-0.2, -0.15) is 10.1 Å². The highest BCUT2D eigenvalue weighted by Gasteiger charge is 2.21. The van der Waals surface area contributed by atoms with Crippen LogP contribution in [0.15, 0.2) is 35.0 Å². The molecule has 0 aliphatic heterocycles. The maximum Gasteiger partial charge on any atom is 0.257 e. The van der Waals surface area contributed by atoms with Crippen LogP contribution in [-0.4, -0.2) is 38.2 Å². The monoisotopic (exact) mass is 339 g/mol. The Morgan fingerprint density at radius 1 is 1.36 bits per heavy atom. The molecule has 0 aliphatic carbocycles. The number of aromatic amines is 1. The standard InChI is InChI=1S/C18H21N5O2/c1-11(2)17-20-15(22-25-17)10-23(4)18(24)14-9-19-21-16(14)13-7-5-6-12(3)8-13/h5-9,11H,10H2,1-4H3,(H,19,21). The zero-order valence-corrected chi connectivity index (χ0v) is 14.8. The van der Waals surface area contributed by atoms with Gasteiger partial charge >= 0.3 is 0 Å². The number of hydrogen-bond acceptors (Lipinski definition) is 5. The lowest BCUT2D eigenvalue weighted by Crippen LogP contribution is -2.27. The fourth-order valence-electron chi connectivity index (χ4n) is 2.52. The number of aromatic nitrogens is 4. The van der Waals surface area contributed by atoms with Crippen LogP contribution in [0.5, 0.6) is 0 Å². The van der Waals surface area contributed by atoms with Gasteiger partial charge < -0.3 is 9.42 Å². The van der Waals surface area contributed by atoms with Crippen molar-refractivity contribution in [3.63, 3.8) is 0 Å². The summed E-state index contributed by atoms with van der Waals surface area (Å²) in [5, 5.41) is 10.9. The molecule has 130 valence electrons. The molecular formula is C18H21N5O2. The van der Waals surface area contributed by atoms with Gasteiger partial charge in [0.05, 0.1) is 24.0 Å². The van der Waals surface area contributed by atoms with E-state index < -0.39 is 0 Å². The van der Waals surface area contributed by atoms with Gasteiger partial charge in [-0.15, -0.1) is 0 Å². The molecule has 1 aromatic carbocycles. The summed E-state index contributed by atoms with van der Waals surface area (Å²) in [6, 6.07) is 7.93. The number of amides is 1. The molecule has 0 aliphatic rings. The van der Waals surface area contributed by atoms with Gasteiger partial charge in [0.2, 0.25) is 5.89 Å². The molecule has 0 saturated heterocycles. The highest BCUT2D eigenvalue weighted by Crippen LogP contribution is 2.23. The molecule has 1 N–H and O–H groups in total. The van der Waals surface area contributed by atoms with E-state index in [4.69, 9.17) is 4.52 Å². The average molecular weight is 339 g/mol. The van der Waals surface area contributed by atoms with Gasteiger partial charge in [-0.1, -0.05) is 42.8 Å². The fraction of sp³-hybridized carbons (Fsp3) is 0.333. The van der Waals surface area contributed by atoms with Crippen LogP contribution in [-0.2, 0) is 6.54 Å². The van der Waals surface area contributed by atoms with Crippen molar-refractivity contribution in [1.29, 1.82) is 0 Å². The quantitative estimate of drug-likeness (QED) is 0.771. The summed E-state index contributed by atoms with van der Waals surface area (Å²) in [6.45, 7) is 6.24. The molecule has 3 rings (SSSR count). The highest BCUT2D eigenvalue weighted by atomic mass is 16.5. The second-order valence-corrected chi connectivity index (χ2v) is 6.39. The smallest absolute Gasteiger partial charge is 0.257 e. The number of H-pyrrole nitrogens is 1. The van der Waals surface area contributed by atoms with Crippen molar-refractivity contribution >= 4 is 5.91 Å². The van der Waals surface area contributed by atoms with E-state index in [0.29, 0.717) is 23.0 Å². The molecule has 0 spiro atoms. The van der Waals surface area contributed by atoms with E-state index in [1.54, 1.807) is 18.1 Å². The largest absolute Gasteiger partial charge is 0.339 e. The highest BCUT2D eigenvalue weighted by molar-refractivity contribution is 5.99. The molecule has 0 unspecified atom stereocenters. The SMILES string of the molecule is Cc1cccc(-c2[nH]ncc2C(=O)N(C)Cc2noc(C(C)C)n2)c1. The Bertz CT molecular complexity index is 881. The van der Waals surface area contributed by atoms with Crippen molar-refractivity contribution in [3.05, 3.63) is 53.3 Å². The Labute approximate surface area is 146 Å². The van der Waals surface area contributed by atoms with E-state index >= 15 is 0 Å². The topological polar surface area (TPSA) is 87.9 Å². The minimum absolute atomic E-state index is 0.152. The lowest BCUT2D eigenvalue weighted by molar-refractivity contribution is 0.0781. The van der Waals surface area contributed by atoms with Gasteiger partial charge in [0.15, 0.2) is 5.82 Å². The summed E-state index contributed by atoms with van der Waals surface area (Å²) in [6.07, 6.45) is 1.55. The molecular weight excluding hydrogens is 318 g/mol. The first-order valence-corrected chi connectivity index (χ1v) is 8.14. The number of aryl methyl sites for hydroxylation is 1. The van der Waals surface area contributed by atoms with E-state index in [-0.39, 0.29) is 18.4 Å². The number of benzene rings is 1.